The molecule has 2 aliphatic rings. The Hall–Kier alpha value is -0.340. The van der Waals surface area contributed by atoms with Crippen LogP contribution < -0.4 is 5.32 Å². The molecule has 0 aromatic rings. The van der Waals surface area contributed by atoms with Crippen LogP contribution in [-0.2, 0) is 4.74 Å². The van der Waals surface area contributed by atoms with E-state index in [1.807, 2.05) is 0 Å². The molecule has 1 saturated heterocycles. The van der Waals surface area contributed by atoms with E-state index in [-0.39, 0.29) is 24.2 Å². The highest BCUT2D eigenvalue weighted by Crippen LogP contribution is 2.36. The van der Waals surface area contributed by atoms with Crippen molar-refractivity contribution in [1.29, 1.82) is 0 Å². The molecule has 0 aromatic heterocycles. The van der Waals surface area contributed by atoms with Gasteiger partial charge in [-0.3, -0.25) is 4.99 Å². The molecule has 2 heterocycles. The highest BCUT2D eigenvalue weighted by molar-refractivity contribution is 8.14. The molecule has 7 heteroatoms. The van der Waals surface area contributed by atoms with Gasteiger partial charge in [0.05, 0.1) is 6.10 Å². The number of thioether (sulfide) groups is 1. The standard InChI is InChI=1S/C14H26N2O4S/c1-15-14-16-10-12(19)11(18)9(20-13(10)21-14)7-5-3-2-4-6-8-17/h9-13,17-19H,2-8H2,1H3,(H,15,16)/t9-,10-,11-,12-,13-/m1/s1. The quantitative estimate of drug-likeness (QED) is 0.510. The number of hydrogen-bond acceptors (Lipinski definition) is 7. The van der Waals surface area contributed by atoms with Gasteiger partial charge in [0, 0.05) is 13.7 Å². The van der Waals surface area contributed by atoms with Gasteiger partial charge in [-0.05, 0) is 12.8 Å². The molecule has 5 atom stereocenters. The Morgan fingerprint density at radius 2 is 1.86 bits per heavy atom. The number of amidine groups is 1. The molecule has 2 aliphatic heterocycles. The second kappa shape index (κ2) is 8.33. The minimum Gasteiger partial charge on any atom is -0.396 e. The Bertz CT molecular complexity index is 356. The van der Waals surface area contributed by atoms with Crippen molar-refractivity contribution in [2.24, 2.45) is 4.99 Å². The van der Waals surface area contributed by atoms with Gasteiger partial charge in [0.15, 0.2) is 5.17 Å². The van der Waals surface area contributed by atoms with Crippen molar-refractivity contribution in [1.82, 2.24) is 5.32 Å². The number of rotatable bonds is 7. The number of ether oxygens (including phenoxy) is 1. The summed E-state index contributed by atoms with van der Waals surface area (Å²) in [6, 6.07) is -0.381. The first-order valence-corrected chi connectivity index (χ1v) is 8.60. The van der Waals surface area contributed by atoms with Crippen molar-refractivity contribution in [3.8, 4) is 0 Å². The van der Waals surface area contributed by atoms with Crippen molar-refractivity contribution in [2.45, 2.75) is 68.3 Å². The van der Waals surface area contributed by atoms with E-state index in [0.29, 0.717) is 0 Å². The predicted octanol–water partition coefficient (Wildman–Crippen LogP) is 0.457. The number of nitrogens with zero attached hydrogens (tertiary/aromatic N) is 1. The average Bonchev–Trinajstić information content (AvgIpc) is 2.91. The minimum atomic E-state index is -0.871. The van der Waals surface area contributed by atoms with Gasteiger partial charge in [0.1, 0.15) is 23.7 Å². The van der Waals surface area contributed by atoms with Crippen molar-refractivity contribution in [3.05, 3.63) is 0 Å². The number of aliphatic imine (C=N–C) groups is 1. The average molecular weight is 318 g/mol. The maximum absolute atomic E-state index is 10.2. The summed E-state index contributed by atoms with van der Waals surface area (Å²) in [7, 11) is 1.79. The van der Waals surface area contributed by atoms with Crippen LogP contribution in [0.25, 0.3) is 0 Å². The molecular formula is C14H26N2O4S. The van der Waals surface area contributed by atoms with Crippen LogP contribution in [0.4, 0.5) is 0 Å². The van der Waals surface area contributed by atoms with Gasteiger partial charge in [-0.15, -0.1) is 0 Å². The predicted molar refractivity (Wildman–Crippen MR) is 83.3 cm³/mol. The van der Waals surface area contributed by atoms with Gasteiger partial charge in [-0.2, -0.15) is 0 Å². The molecule has 0 saturated carbocycles. The van der Waals surface area contributed by atoms with Crippen LogP contribution in [0.3, 0.4) is 0 Å². The first-order valence-electron chi connectivity index (χ1n) is 7.72. The summed E-state index contributed by atoms with van der Waals surface area (Å²) in [5, 5.41) is 32.8. The summed E-state index contributed by atoms with van der Waals surface area (Å²) in [6.07, 6.45) is 3.68. The van der Waals surface area contributed by atoms with Gasteiger partial charge in [-0.1, -0.05) is 37.4 Å². The van der Waals surface area contributed by atoms with Crippen LogP contribution in [0.5, 0.6) is 0 Å². The zero-order valence-corrected chi connectivity index (χ0v) is 13.3. The second-order valence-electron chi connectivity index (χ2n) is 5.60. The highest BCUT2D eigenvalue weighted by Gasteiger charge is 2.47. The molecule has 2 rings (SSSR count). The van der Waals surface area contributed by atoms with E-state index < -0.39 is 12.2 Å². The summed E-state index contributed by atoms with van der Waals surface area (Å²) in [4.78, 5) is 4.33. The third-order valence-electron chi connectivity index (χ3n) is 4.02. The smallest absolute Gasteiger partial charge is 0.159 e. The van der Waals surface area contributed by atoms with Crippen LogP contribution in [-0.4, -0.2) is 63.9 Å². The number of fused-ring (bicyclic) bond motifs is 1. The Morgan fingerprint density at radius 3 is 2.57 bits per heavy atom. The Balaban J connectivity index is 1.75. The summed E-state index contributed by atoms with van der Waals surface area (Å²) >= 11 is 1.47. The third kappa shape index (κ3) is 4.32. The summed E-state index contributed by atoms with van der Waals surface area (Å²) in [5.41, 5.74) is -0.203. The van der Waals surface area contributed by atoms with Gasteiger partial charge < -0.3 is 25.4 Å². The van der Waals surface area contributed by atoms with Gasteiger partial charge in [0.2, 0.25) is 0 Å². The normalized spacial score (nSPS) is 35.4. The number of nitrogens with one attached hydrogen (secondary N) is 1. The first-order chi connectivity index (χ1) is 10.2. The summed E-state index contributed by atoms with van der Waals surface area (Å²) < 4.78 is 5.91. The van der Waals surface area contributed by atoms with Crippen molar-refractivity contribution >= 4 is 16.9 Å². The highest BCUT2D eigenvalue weighted by atomic mass is 32.2. The van der Waals surface area contributed by atoms with Gasteiger partial charge >= 0.3 is 0 Å². The molecule has 0 amide bonds. The zero-order valence-electron chi connectivity index (χ0n) is 12.4. The fraction of sp³-hybridized carbons (Fsp3) is 0.929. The van der Waals surface area contributed by atoms with E-state index in [9.17, 15) is 10.2 Å². The Labute approximate surface area is 130 Å². The summed E-state index contributed by atoms with van der Waals surface area (Å²) in [5.74, 6) is 0. The number of aliphatic hydroxyl groups is 3. The molecule has 1 fully saturated rings. The third-order valence-corrected chi connectivity index (χ3v) is 5.18. The maximum Gasteiger partial charge on any atom is 0.159 e. The van der Waals surface area contributed by atoms with E-state index in [4.69, 9.17) is 9.84 Å². The van der Waals surface area contributed by atoms with Crippen molar-refractivity contribution in [2.75, 3.05) is 13.7 Å². The number of hydrogen-bond donors (Lipinski definition) is 4. The second-order valence-corrected chi connectivity index (χ2v) is 6.68. The summed E-state index contributed by atoms with van der Waals surface area (Å²) in [6.45, 7) is 0.255. The number of aliphatic hydroxyl groups excluding tert-OH is 3. The van der Waals surface area contributed by atoms with Crippen molar-refractivity contribution < 1.29 is 20.1 Å². The minimum absolute atomic E-state index is 0.203. The fourth-order valence-corrected chi connectivity index (χ4v) is 3.86. The van der Waals surface area contributed by atoms with Crippen LogP contribution in [0, 0.1) is 0 Å². The van der Waals surface area contributed by atoms with E-state index in [1.54, 1.807) is 7.05 Å². The maximum atomic E-state index is 10.2. The molecule has 6 nitrogen and oxygen atoms in total. The van der Waals surface area contributed by atoms with Crippen LogP contribution in [0.1, 0.15) is 38.5 Å². The van der Waals surface area contributed by atoms with E-state index in [0.717, 1.165) is 43.7 Å². The lowest BCUT2D eigenvalue weighted by molar-refractivity contribution is -0.154. The molecule has 0 spiro atoms. The lowest BCUT2D eigenvalue weighted by Crippen LogP contribution is -2.54. The molecule has 0 aliphatic carbocycles. The van der Waals surface area contributed by atoms with Crippen LogP contribution in [0.2, 0.25) is 0 Å². The number of unbranched alkanes of at least 4 members (excludes halogenated alkanes) is 4. The molecule has 0 aromatic carbocycles. The Morgan fingerprint density at radius 1 is 1.14 bits per heavy atom. The van der Waals surface area contributed by atoms with E-state index >= 15 is 0 Å². The van der Waals surface area contributed by atoms with E-state index in [1.165, 1.54) is 11.8 Å². The SMILES string of the molecule is CNC1=N[C@@H]2[C@@H](O)[C@H](O)[C@@H](CCCCCCCO)O[C@@H]2S1. The molecule has 0 bridgehead atoms. The lowest BCUT2D eigenvalue weighted by Gasteiger charge is -2.38. The largest absolute Gasteiger partial charge is 0.396 e. The van der Waals surface area contributed by atoms with Gasteiger partial charge in [-0.25, -0.2) is 0 Å². The fourth-order valence-electron chi connectivity index (χ4n) is 2.78. The molecule has 21 heavy (non-hydrogen) atoms. The van der Waals surface area contributed by atoms with Crippen molar-refractivity contribution in [3.63, 3.8) is 0 Å². The van der Waals surface area contributed by atoms with Gasteiger partial charge in [0.25, 0.3) is 0 Å². The molecule has 0 unspecified atom stereocenters. The lowest BCUT2D eigenvalue weighted by atomic mass is 9.94. The molecule has 122 valence electrons. The molecule has 4 N–H and O–H groups in total. The van der Waals surface area contributed by atoms with Crippen LogP contribution >= 0.6 is 11.8 Å². The monoisotopic (exact) mass is 318 g/mol. The molecule has 0 radical (unpaired) electrons. The van der Waals surface area contributed by atoms with E-state index in [2.05, 4.69) is 10.3 Å². The molecular weight excluding hydrogens is 292 g/mol. The first kappa shape index (κ1) is 17.0. The van der Waals surface area contributed by atoms with Crippen LogP contribution in [0.15, 0.2) is 4.99 Å². The zero-order chi connectivity index (χ0) is 15.2. The topological polar surface area (TPSA) is 94.3 Å². The Kier molecular flexibility index (Phi) is 6.75.